The van der Waals surface area contributed by atoms with Crippen molar-refractivity contribution in [3.63, 3.8) is 0 Å². The highest BCUT2D eigenvalue weighted by Crippen LogP contribution is 2.29. The highest BCUT2D eigenvalue weighted by molar-refractivity contribution is 5.87. The highest BCUT2D eigenvalue weighted by Gasteiger charge is 2.30. The zero-order valence-corrected chi connectivity index (χ0v) is 16.0. The topological polar surface area (TPSA) is 23.6 Å². The standard InChI is InChI=1S/C24H22F2N2O/c25-20-12-7-13-21(26)23(20)27-14-16-28(17-15-27)24(29)22(18-8-3-1-4-9-18)19-10-5-2-6-11-19/h1-13,22H,14-17H2. The van der Waals surface area contributed by atoms with E-state index in [1.54, 1.807) is 9.80 Å². The molecular formula is C24H22F2N2O. The molecule has 29 heavy (non-hydrogen) atoms. The molecule has 5 heteroatoms. The van der Waals surface area contributed by atoms with Crippen molar-refractivity contribution in [2.75, 3.05) is 31.1 Å². The van der Waals surface area contributed by atoms with Crippen molar-refractivity contribution >= 4 is 11.6 Å². The van der Waals surface area contributed by atoms with Crippen LogP contribution >= 0.6 is 0 Å². The quantitative estimate of drug-likeness (QED) is 0.655. The molecule has 4 rings (SSSR count). The van der Waals surface area contributed by atoms with Crippen LogP contribution in [0, 0.1) is 11.6 Å². The number of carbonyl (C=O) groups is 1. The zero-order valence-electron chi connectivity index (χ0n) is 16.0. The maximum absolute atomic E-state index is 14.1. The Hall–Kier alpha value is -3.21. The Bertz CT molecular complexity index is 911. The number of carbonyl (C=O) groups excluding carboxylic acids is 1. The van der Waals surface area contributed by atoms with E-state index in [0.29, 0.717) is 26.2 Å². The summed E-state index contributed by atoms with van der Waals surface area (Å²) >= 11 is 0. The van der Waals surface area contributed by atoms with Gasteiger partial charge in [-0.3, -0.25) is 4.79 Å². The SMILES string of the molecule is O=C(C(c1ccccc1)c1ccccc1)N1CCN(c2c(F)cccc2F)CC1. The Morgan fingerprint density at radius 2 is 1.17 bits per heavy atom. The van der Waals surface area contributed by atoms with Crippen molar-refractivity contribution in [1.82, 2.24) is 4.90 Å². The van der Waals surface area contributed by atoms with Gasteiger partial charge in [-0.15, -0.1) is 0 Å². The first kappa shape index (κ1) is 19.1. The molecule has 0 aromatic heterocycles. The van der Waals surface area contributed by atoms with Crippen molar-refractivity contribution < 1.29 is 13.6 Å². The number of para-hydroxylation sites is 1. The molecule has 148 valence electrons. The van der Waals surface area contributed by atoms with E-state index in [0.717, 1.165) is 11.1 Å². The van der Waals surface area contributed by atoms with E-state index in [1.807, 2.05) is 60.7 Å². The summed E-state index contributed by atoms with van der Waals surface area (Å²) in [7, 11) is 0. The minimum Gasteiger partial charge on any atom is -0.363 e. The van der Waals surface area contributed by atoms with Gasteiger partial charge in [0.2, 0.25) is 5.91 Å². The van der Waals surface area contributed by atoms with Crippen LogP contribution in [-0.4, -0.2) is 37.0 Å². The lowest BCUT2D eigenvalue weighted by Gasteiger charge is -2.38. The number of amides is 1. The fraction of sp³-hybridized carbons (Fsp3) is 0.208. The third-order valence-corrected chi connectivity index (χ3v) is 5.36. The van der Waals surface area contributed by atoms with Crippen LogP contribution in [0.15, 0.2) is 78.9 Å². The van der Waals surface area contributed by atoms with E-state index in [1.165, 1.54) is 18.2 Å². The maximum Gasteiger partial charge on any atom is 0.234 e. The highest BCUT2D eigenvalue weighted by atomic mass is 19.1. The van der Waals surface area contributed by atoms with Crippen LogP contribution in [0.5, 0.6) is 0 Å². The Morgan fingerprint density at radius 3 is 1.66 bits per heavy atom. The van der Waals surface area contributed by atoms with Crippen LogP contribution in [-0.2, 0) is 4.79 Å². The number of piperazine rings is 1. The van der Waals surface area contributed by atoms with Gasteiger partial charge in [0.1, 0.15) is 17.3 Å². The second-order valence-corrected chi connectivity index (χ2v) is 7.14. The summed E-state index contributed by atoms with van der Waals surface area (Å²) in [5.74, 6) is -1.53. The van der Waals surface area contributed by atoms with Crippen LogP contribution in [0.4, 0.5) is 14.5 Å². The van der Waals surface area contributed by atoms with E-state index >= 15 is 0 Å². The molecule has 0 atom stereocenters. The predicted octanol–water partition coefficient (Wildman–Crippen LogP) is 4.45. The Morgan fingerprint density at radius 1 is 0.690 bits per heavy atom. The van der Waals surface area contributed by atoms with E-state index in [9.17, 15) is 13.6 Å². The number of rotatable bonds is 4. The second kappa shape index (κ2) is 8.43. The molecule has 0 unspecified atom stereocenters. The molecule has 3 aromatic carbocycles. The average Bonchev–Trinajstić information content (AvgIpc) is 2.76. The Labute approximate surface area is 169 Å². The molecule has 1 fully saturated rings. The largest absolute Gasteiger partial charge is 0.363 e. The van der Waals surface area contributed by atoms with E-state index in [2.05, 4.69) is 0 Å². The van der Waals surface area contributed by atoms with Gasteiger partial charge in [-0.25, -0.2) is 8.78 Å². The summed E-state index contributed by atoms with van der Waals surface area (Å²) in [6.45, 7) is 1.62. The Balaban J connectivity index is 1.54. The van der Waals surface area contributed by atoms with Crippen LogP contribution in [0.3, 0.4) is 0 Å². The van der Waals surface area contributed by atoms with E-state index in [4.69, 9.17) is 0 Å². The summed E-state index contributed by atoms with van der Waals surface area (Å²) in [6.07, 6.45) is 0. The van der Waals surface area contributed by atoms with Crippen LogP contribution < -0.4 is 4.90 Å². The molecule has 1 saturated heterocycles. The number of hydrogen-bond donors (Lipinski definition) is 0. The van der Waals surface area contributed by atoms with Gasteiger partial charge in [-0.2, -0.15) is 0 Å². The van der Waals surface area contributed by atoms with Gasteiger partial charge in [-0.05, 0) is 23.3 Å². The molecule has 1 amide bonds. The lowest BCUT2D eigenvalue weighted by Crippen LogP contribution is -2.50. The van der Waals surface area contributed by atoms with Crippen LogP contribution in [0.2, 0.25) is 0 Å². The summed E-state index contributed by atoms with van der Waals surface area (Å²) < 4.78 is 28.2. The molecule has 1 aliphatic heterocycles. The molecule has 3 aromatic rings. The molecule has 3 nitrogen and oxygen atoms in total. The molecule has 0 N–H and O–H groups in total. The smallest absolute Gasteiger partial charge is 0.234 e. The minimum absolute atomic E-state index is 0.0102. The molecular weight excluding hydrogens is 370 g/mol. The molecule has 0 bridgehead atoms. The molecule has 0 aliphatic carbocycles. The fourth-order valence-corrected chi connectivity index (χ4v) is 3.89. The van der Waals surface area contributed by atoms with Crippen molar-refractivity contribution in [2.45, 2.75) is 5.92 Å². The van der Waals surface area contributed by atoms with E-state index in [-0.39, 0.29) is 11.6 Å². The first-order chi connectivity index (χ1) is 14.1. The van der Waals surface area contributed by atoms with Gasteiger partial charge in [-0.1, -0.05) is 66.7 Å². The van der Waals surface area contributed by atoms with Gasteiger partial charge in [0.05, 0.1) is 5.92 Å². The predicted molar refractivity (Wildman–Crippen MR) is 110 cm³/mol. The van der Waals surface area contributed by atoms with Crippen molar-refractivity contribution in [2.24, 2.45) is 0 Å². The van der Waals surface area contributed by atoms with E-state index < -0.39 is 17.6 Å². The second-order valence-electron chi connectivity index (χ2n) is 7.14. The number of nitrogens with zero attached hydrogens (tertiary/aromatic N) is 2. The summed E-state index contributed by atoms with van der Waals surface area (Å²) in [6, 6.07) is 23.3. The first-order valence-corrected chi connectivity index (χ1v) is 9.73. The molecule has 1 aliphatic rings. The zero-order chi connectivity index (χ0) is 20.2. The number of hydrogen-bond acceptors (Lipinski definition) is 2. The fourth-order valence-electron chi connectivity index (χ4n) is 3.89. The van der Waals surface area contributed by atoms with Crippen LogP contribution in [0.1, 0.15) is 17.0 Å². The number of halogens is 2. The Kier molecular flexibility index (Phi) is 5.56. The van der Waals surface area contributed by atoms with Gasteiger partial charge in [0.15, 0.2) is 0 Å². The first-order valence-electron chi connectivity index (χ1n) is 9.73. The normalized spacial score (nSPS) is 14.3. The average molecular weight is 392 g/mol. The molecule has 0 radical (unpaired) electrons. The number of benzene rings is 3. The summed E-state index contributed by atoms with van der Waals surface area (Å²) in [5, 5.41) is 0. The van der Waals surface area contributed by atoms with Crippen molar-refractivity contribution in [1.29, 1.82) is 0 Å². The monoisotopic (exact) mass is 392 g/mol. The van der Waals surface area contributed by atoms with Gasteiger partial charge < -0.3 is 9.80 Å². The third kappa shape index (κ3) is 3.99. The van der Waals surface area contributed by atoms with Crippen molar-refractivity contribution in [3.05, 3.63) is 102 Å². The molecule has 1 heterocycles. The van der Waals surface area contributed by atoms with Crippen LogP contribution in [0.25, 0.3) is 0 Å². The van der Waals surface area contributed by atoms with Gasteiger partial charge in [0, 0.05) is 26.2 Å². The summed E-state index contributed by atoms with van der Waals surface area (Å²) in [4.78, 5) is 16.9. The minimum atomic E-state index is -0.573. The maximum atomic E-state index is 14.1. The molecule has 0 spiro atoms. The van der Waals surface area contributed by atoms with Gasteiger partial charge >= 0.3 is 0 Å². The lowest BCUT2D eigenvalue weighted by molar-refractivity contribution is -0.132. The lowest BCUT2D eigenvalue weighted by atomic mass is 9.90. The number of anilines is 1. The van der Waals surface area contributed by atoms with Gasteiger partial charge in [0.25, 0.3) is 0 Å². The third-order valence-electron chi connectivity index (χ3n) is 5.36. The van der Waals surface area contributed by atoms with Crippen molar-refractivity contribution in [3.8, 4) is 0 Å². The molecule has 0 saturated carbocycles. The summed E-state index contributed by atoms with van der Waals surface area (Å²) in [5.41, 5.74) is 1.86.